The quantitative estimate of drug-likeness (QED) is 0.497. The van der Waals surface area contributed by atoms with Gasteiger partial charge in [0.15, 0.2) is 21.3 Å². The fraction of sp³-hybridized carbons (Fsp3) is 0.583. The molecule has 2 aromatic heterocycles. The van der Waals surface area contributed by atoms with Crippen molar-refractivity contribution in [2.24, 2.45) is 0 Å². The highest BCUT2D eigenvalue weighted by molar-refractivity contribution is 7.94. The van der Waals surface area contributed by atoms with Gasteiger partial charge in [0, 0.05) is 55.2 Å². The van der Waals surface area contributed by atoms with Gasteiger partial charge in [-0.1, -0.05) is 13.8 Å². The van der Waals surface area contributed by atoms with Gasteiger partial charge in [0.25, 0.3) is 10.9 Å². The predicted molar refractivity (Wildman–Crippen MR) is 134 cm³/mol. The summed E-state index contributed by atoms with van der Waals surface area (Å²) in [6.45, 7) is 7.85. The minimum Gasteiger partial charge on any atom is -0.350 e. The number of piperazine rings is 1. The van der Waals surface area contributed by atoms with Crippen molar-refractivity contribution < 1.29 is 30.8 Å². The third kappa shape index (κ3) is 4.13. The summed E-state index contributed by atoms with van der Waals surface area (Å²) in [7, 11) is -4.14. The second kappa shape index (κ2) is 8.95. The number of nitrogens with zero attached hydrogens (tertiary/aromatic N) is 8. The summed E-state index contributed by atoms with van der Waals surface area (Å²) < 4.78 is 78.9. The number of fused-ring (bicyclic) bond motifs is 1. The lowest BCUT2D eigenvalue weighted by molar-refractivity contribution is -0.143. The predicted octanol–water partition coefficient (Wildman–Crippen LogP) is 2.50. The molecule has 1 amide bonds. The fourth-order valence-electron chi connectivity index (χ4n) is 5.55. The van der Waals surface area contributed by atoms with Crippen molar-refractivity contribution in [2.75, 3.05) is 35.2 Å². The lowest BCUT2D eigenvalue weighted by Gasteiger charge is -2.47. The van der Waals surface area contributed by atoms with E-state index < -0.39 is 49.6 Å². The Hall–Kier alpha value is -3.61. The Morgan fingerprint density at radius 2 is 1.80 bits per heavy atom. The summed E-state index contributed by atoms with van der Waals surface area (Å²) in [6.07, 6.45) is -3.90. The molecule has 3 atom stereocenters. The van der Waals surface area contributed by atoms with Crippen molar-refractivity contribution in [1.82, 2.24) is 25.1 Å². The summed E-state index contributed by atoms with van der Waals surface area (Å²) >= 11 is 0. The second-order valence-electron chi connectivity index (χ2n) is 11.0. The van der Waals surface area contributed by atoms with Crippen LogP contribution in [0.1, 0.15) is 50.9 Å². The van der Waals surface area contributed by atoms with Crippen molar-refractivity contribution in [3.63, 3.8) is 0 Å². The average Bonchev–Trinajstić information content (AvgIpc) is 3.18. The Kier molecular flexibility index (Phi) is 6.25. The maximum Gasteiger partial charge on any atom is 0.436 e. The van der Waals surface area contributed by atoms with E-state index in [1.807, 2.05) is 18.7 Å². The van der Waals surface area contributed by atoms with Crippen LogP contribution in [0.3, 0.4) is 0 Å². The van der Waals surface area contributed by atoms with Crippen molar-refractivity contribution in [3.05, 3.63) is 29.2 Å². The van der Waals surface area contributed by atoms with Gasteiger partial charge in [-0.25, -0.2) is 22.8 Å². The zero-order valence-corrected chi connectivity index (χ0v) is 22.9. The first kappa shape index (κ1) is 27.9. The molecule has 214 valence electrons. The molecule has 0 unspecified atom stereocenters. The number of hydrogen-bond acceptors (Lipinski definition) is 10. The van der Waals surface area contributed by atoms with Crippen LogP contribution in [0.5, 0.6) is 0 Å². The molecule has 0 saturated carbocycles. The monoisotopic (exact) mass is 582 g/mol. The van der Waals surface area contributed by atoms with Crippen LogP contribution in [0, 0.1) is 11.3 Å². The smallest absolute Gasteiger partial charge is 0.350 e. The minimum atomic E-state index is -4.84. The molecule has 16 heteroatoms. The zero-order valence-electron chi connectivity index (χ0n) is 22.1. The highest BCUT2D eigenvalue weighted by Crippen LogP contribution is 2.47. The van der Waals surface area contributed by atoms with Gasteiger partial charge in [-0.15, -0.1) is 10.2 Å². The van der Waals surface area contributed by atoms with Gasteiger partial charge >= 0.3 is 6.18 Å². The van der Waals surface area contributed by atoms with Crippen LogP contribution in [0.2, 0.25) is 0 Å². The number of nitriles is 1. The average molecular weight is 583 g/mol. The summed E-state index contributed by atoms with van der Waals surface area (Å²) in [5.74, 6) is -0.485. The summed E-state index contributed by atoms with van der Waals surface area (Å²) in [4.78, 5) is 26.6. The highest BCUT2D eigenvalue weighted by Gasteiger charge is 2.61. The van der Waals surface area contributed by atoms with Gasteiger partial charge in [0.1, 0.15) is 24.0 Å². The number of aromatic nitrogens is 4. The number of halogens is 4. The fourth-order valence-corrected chi connectivity index (χ4v) is 6.83. The molecule has 3 aliphatic heterocycles. The van der Waals surface area contributed by atoms with Crippen molar-refractivity contribution in [3.8, 4) is 6.07 Å². The van der Waals surface area contributed by atoms with E-state index in [0.29, 0.717) is 17.2 Å². The zero-order chi connectivity index (χ0) is 29.4. The number of carbonyl (C=O) groups is 1. The Morgan fingerprint density at radius 1 is 1.12 bits per heavy atom. The topological polar surface area (TPSA) is 136 Å². The molecule has 11 nitrogen and oxygen atoms in total. The van der Waals surface area contributed by atoms with Crippen LogP contribution in [-0.2, 0) is 26.2 Å². The largest absolute Gasteiger partial charge is 0.436 e. The lowest BCUT2D eigenvalue weighted by Crippen LogP contribution is -2.66. The van der Waals surface area contributed by atoms with Crippen LogP contribution < -0.4 is 9.80 Å². The number of hydrogen-bond donors (Lipinski definition) is 0. The number of anilines is 3. The van der Waals surface area contributed by atoms with Crippen LogP contribution in [0.4, 0.5) is 35.0 Å². The molecule has 2 aromatic rings. The minimum absolute atomic E-state index is 0.0211. The first-order valence-corrected chi connectivity index (χ1v) is 14.1. The first-order valence-electron chi connectivity index (χ1n) is 12.5. The third-order valence-electron chi connectivity index (χ3n) is 7.76. The number of carbonyl (C=O) groups excluding carboxylic acids is 1. The van der Waals surface area contributed by atoms with Crippen LogP contribution >= 0.6 is 0 Å². The SMILES string of the molecule is C[C@@H]1CN(c2ncnc3c2C(C)(C)CN3c2cc(C#N)c(C(F)(F)F)nn2)[C@@H](C)CN1C(=O)[C@]1(F)CCS1(=O)=O. The molecule has 0 aromatic carbocycles. The maximum absolute atomic E-state index is 15.1. The van der Waals surface area contributed by atoms with Gasteiger partial charge in [-0.3, -0.25) is 4.79 Å². The lowest BCUT2D eigenvalue weighted by atomic mass is 9.87. The molecule has 5 heterocycles. The number of rotatable bonds is 3. The Labute approximate surface area is 227 Å². The Bertz CT molecular complexity index is 1540. The summed E-state index contributed by atoms with van der Waals surface area (Å²) in [5, 5.41) is 13.5. The standard InChI is InChI=1S/C24H26F4N8O3S/c1-13-10-35(21(37)23(25)5-6-40(23,38)39)14(2)9-34(13)19-17-20(31-12-30-19)36(11-22(17,3)4)16-7-15(8-29)18(33-32-16)24(26,27)28/h7,12-14H,5-6,9-11H2,1-4H3/t13-,14+,23-/m0/s1. The van der Waals surface area contributed by atoms with Crippen molar-refractivity contribution in [2.45, 2.75) is 62.8 Å². The maximum atomic E-state index is 15.1. The molecular formula is C24H26F4N8O3S. The Morgan fingerprint density at radius 3 is 2.38 bits per heavy atom. The van der Waals surface area contributed by atoms with Gasteiger partial charge in [0.05, 0.1) is 11.3 Å². The van der Waals surface area contributed by atoms with Gasteiger partial charge in [-0.2, -0.15) is 18.4 Å². The van der Waals surface area contributed by atoms with E-state index in [1.54, 1.807) is 18.7 Å². The Balaban J connectivity index is 1.48. The van der Waals surface area contributed by atoms with E-state index in [1.165, 1.54) is 17.3 Å². The van der Waals surface area contributed by atoms with E-state index in [0.717, 1.165) is 6.07 Å². The van der Waals surface area contributed by atoms with E-state index in [9.17, 15) is 31.6 Å². The molecule has 0 radical (unpaired) electrons. The van der Waals surface area contributed by atoms with Crippen LogP contribution in [0.15, 0.2) is 12.4 Å². The molecule has 2 saturated heterocycles. The highest BCUT2D eigenvalue weighted by atomic mass is 32.2. The normalized spacial score (nSPS) is 27.1. The van der Waals surface area contributed by atoms with E-state index in [2.05, 4.69) is 20.2 Å². The molecule has 3 aliphatic rings. The van der Waals surface area contributed by atoms with E-state index in [4.69, 9.17) is 0 Å². The number of sulfone groups is 1. The molecule has 0 N–H and O–H groups in total. The van der Waals surface area contributed by atoms with Gasteiger partial charge < -0.3 is 14.7 Å². The molecule has 0 bridgehead atoms. The molecule has 0 aliphatic carbocycles. The van der Waals surface area contributed by atoms with Gasteiger partial charge in [0.2, 0.25) is 0 Å². The summed E-state index contributed by atoms with van der Waals surface area (Å²) in [5.41, 5.74) is -1.99. The number of alkyl halides is 4. The van der Waals surface area contributed by atoms with Crippen molar-refractivity contribution >= 4 is 33.2 Å². The van der Waals surface area contributed by atoms with E-state index >= 15 is 4.39 Å². The molecule has 2 fully saturated rings. The number of amides is 1. The molecule has 40 heavy (non-hydrogen) atoms. The molecule has 0 spiro atoms. The molecule has 5 rings (SSSR count). The van der Waals surface area contributed by atoms with Crippen molar-refractivity contribution in [1.29, 1.82) is 5.26 Å². The first-order chi connectivity index (χ1) is 18.5. The third-order valence-corrected chi connectivity index (χ3v) is 9.87. The van der Waals surface area contributed by atoms with Gasteiger partial charge in [-0.05, 0) is 13.8 Å². The van der Waals surface area contributed by atoms with Crippen LogP contribution in [-0.4, -0.2) is 81.9 Å². The van der Waals surface area contributed by atoms with E-state index in [-0.39, 0.29) is 43.7 Å². The molecular weight excluding hydrogens is 556 g/mol. The van der Waals surface area contributed by atoms with Crippen LogP contribution in [0.25, 0.3) is 0 Å². The summed E-state index contributed by atoms with van der Waals surface area (Å²) in [6, 6.07) is 1.63. The second-order valence-corrected chi connectivity index (χ2v) is 13.3.